The van der Waals surface area contributed by atoms with Crippen LogP contribution in [-0.2, 0) is 0 Å². The first kappa shape index (κ1) is 14.3. The predicted octanol–water partition coefficient (Wildman–Crippen LogP) is 3.28. The SMILES string of the molecule is CCNCC1(CN2CCCC(C)(C)C2)CCCC1. The van der Waals surface area contributed by atoms with Crippen molar-refractivity contribution in [2.45, 2.75) is 59.3 Å². The van der Waals surface area contributed by atoms with Gasteiger partial charge in [-0.05, 0) is 49.6 Å². The normalized spacial score (nSPS) is 27.5. The van der Waals surface area contributed by atoms with Crippen LogP contribution in [0, 0.1) is 10.8 Å². The Labute approximate surface area is 114 Å². The molecule has 0 amide bonds. The van der Waals surface area contributed by atoms with E-state index in [2.05, 4.69) is 31.0 Å². The summed E-state index contributed by atoms with van der Waals surface area (Å²) in [7, 11) is 0. The first-order valence-corrected chi connectivity index (χ1v) is 7.98. The summed E-state index contributed by atoms with van der Waals surface area (Å²) in [6.07, 6.45) is 8.58. The summed E-state index contributed by atoms with van der Waals surface area (Å²) in [6.45, 7) is 13.4. The number of nitrogens with zero attached hydrogens (tertiary/aromatic N) is 1. The van der Waals surface area contributed by atoms with Crippen molar-refractivity contribution in [1.29, 1.82) is 0 Å². The van der Waals surface area contributed by atoms with Crippen molar-refractivity contribution in [2.24, 2.45) is 10.8 Å². The number of hydrogen-bond acceptors (Lipinski definition) is 2. The van der Waals surface area contributed by atoms with E-state index in [0.717, 1.165) is 6.54 Å². The van der Waals surface area contributed by atoms with Crippen LogP contribution in [0.1, 0.15) is 59.3 Å². The maximum atomic E-state index is 3.61. The molecule has 1 saturated carbocycles. The van der Waals surface area contributed by atoms with E-state index >= 15 is 0 Å². The van der Waals surface area contributed by atoms with Gasteiger partial charge in [0, 0.05) is 19.6 Å². The third-order valence-electron chi connectivity index (χ3n) is 4.95. The Balaban J connectivity index is 1.92. The van der Waals surface area contributed by atoms with Gasteiger partial charge in [0.05, 0.1) is 0 Å². The molecular formula is C16H32N2. The summed E-state index contributed by atoms with van der Waals surface area (Å²) in [4.78, 5) is 2.76. The van der Waals surface area contributed by atoms with Gasteiger partial charge in [-0.25, -0.2) is 0 Å². The minimum absolute atomic E-state index is 0.538. The standard InChI is InChI=1S/C16H32N2/c1-4-17-12-16(9-5-6-10-16)14-18-11-7-8-15(2,3)13-18/h17H,4-14H2,1-3H3. The summed E-state index contributed by atoms with van der Waals surface area (Å²) in [5, 5.41) is 3.61. The average Bonchev–Trinajstić information content (AvgIpc) is 2.74. The fourth-order valence-corrected chi connectivity index (χ4v) is 4.06. The van der Waals surface area contributed by atoms with Crippen LogP contribution in [-0.4, -0.2) is 37.6 Å². The quantitative estimate of drug-likeness (QED) is 0.808. The highest BCUT2D eigenvalue weighted by Gasteiger charge is 2.37. The lowest BCUT2D eigenvalue weighted by atomic mass is 9.80. The van der Waals surface area contributed by atoms with Gasteiger partial charge in [0.1, 0.15) is 0 Å². The fraction of sp³-hybridized carbons (Fsp3) is 1.00. The largest absolute Gasteiger partial charge is 0.316 e. The molecule has 2 heteroatoms. The van der Waals surface area contributed by atoms with Gasteiger partial charge in [-0.1, -0.05) is 33.6 Å². The number of rotatable bonds is 5. The zero-order valence-electron chi connectivity index (χ0n) is 12.7. The Bertz CT molecular complexity index is 254. The van der Waals surface area contributed by atoms with Crippen molar-refractivity contribution in [3.05, 3.63) is 0 Å². The Morgan fingerprint density at radius 2 is 1.78 bits per heavy atom. The summed E-state index contributed by atoms with van der Waals surface area (Å²) >= 11 is 0. The molecule has 2 aliphatic rings. The van der Waals surface area contributed by atoms with Crippen molar-refractivity contribution in [2.75, 3.05) is 32.7 Å². The molecule has 1 saturated heterocycles. The Morgan fingerprint density at radius 1 is 1.06 bits per heavy atom. The highest BCUT2D eigenvalue weighted by Crippen LogP contribution is 2.40. The summed E-state index contributed by atoms with van der Waals surface area (Å²) in [5.74, 6) is 0. The van der Waals surface area contributed by atoms with Crippen LogP contribution < -0.4 is 5.32 Å². The molecule has 2 rings (SSSR count). The van der Waals surface area contributed by atoms with Crippen LogP contribution in [0.4, 0.5) is 0 Å². The van der Waals surface area contributed by atoms with Gasteiger partial charge in [0.25, 0.3) is 0 Å². The number of nitrogens with one attached hydrogen (secondary N) is 1. The van der Waals surface area contributed by atoms with Gasteiger partial charge in [-0.2, -0.15) is 0 Å². The van der Waals surface area contributed by atoms with E-state index in [9.17, 15) is 0 Å². The molecule has 1 aliphatic carbocycles. The smallest absolute Gasteiger partial charge is 0.00504 e. The van der Waals surface area contributed by atoms with E-state index < -0.39 is 0 Å². The van der Waals surface area contributed by atoms with Gasteiger partial charge in [0.2, 0.25) is 0 Å². The Hall–Kier alpha value is -0.0800. The van der Waals surface area contributed by atoms with Crippen LogP contribution in [0.3, 0.4) is 0 Å². The lowest BCUT2D eigenvalue weighted by Crippen LogP contribution is -2.48. The van der Waals surface area contributed by atoms with E-state index in [1.54, 1.807) is 0 Å². The second-order valence-corrected chi connectivity index (χ2v) is 7.47. The minimum Gasteiger partial charge on any atom is -0.316 e. The van der Waals surface area contributed by atoms with E-state index in [-0.39, 0.29) is 0 Å². The maximum absolute atomic E-state index is 3.61. The molecule has 106 valence electrons. The van der Waals surface area contributed by atoms with E-state index in [1.807, 2.05) is 0 Å². The van der Waals surface area contributed by atoms with Gasteiger partial charge in [-0.3, -0.25) is 0 Å². The summed E-state index contributed by atoms with van der Waals surface area (Å²) in [5.41, 5.74) is 1.12. The Morgan fingerprint density at radius 3 is 2.39 bits per heavy atom. The second kappa shape index (κ2) is 5.92. The molecule has 1 aliphatic heterocycles. The molecule has 0 spiro atoms. The number of hydrogen-bond donors (Lipinski definition) is 1. The highest BCUT2D eigenvalue weighted by molar-refractivity contribution is 4.91. The zero-order valence-corrected chi connectivity index (χ0v) is 12.7. The van der Waals surface area contributed by atoms with E-state index in [0.29, 0.717) is 10.8 Å². The van der Waals surface area contributed by atoms with Crippen LogP contribution in [0.15, 0.2) is 0 Å². The summed E-state index contributed by atoms with van der Waals surface area (Å²) in [6, 6.07) is 0. The first-order chi connectivity index (χ1) is 8.55. The molecule has 0 unspecified atom stereocenters. The molecule has 0 bridgehead atoms. The van der Waals surface area contributed by atoms with Gasteiger partial charge in [0.15, 0.2) is 0 Å². The number of piperidine rings is 1. The van der Waals surface area contributed by atoms with Crippen LogP contribution in [0.2, 0.25) is 0 Å². The van der Waals surface area contributed by atoms with Crippen molar-refractivity contribution in [1.82, 2.24) is 10.2 Å². The third kappa shape index (κ3) is 3.71. The van der Waals surface area contributed by atoms with Crippen LogP contribution in [0.5, 0.6) is 0 Å². The third-order valence-corrected chi connectivity index (χ3v) is 4.95. The molecule has 0 aromatic rings. The molecule has 0 aromatic carbocycles. The summed E-state index contributed by atoms with van der Waals surface area (Å²) < 4.78 is 0. The molecule has 1 N–H and O–H groups in total. The lowest BCUT2D eigenvalue weighted by molar-refractivity contribution is 0.0700. The van der Waals surface area contributed by atoms with Crippen molar-refractivity contribution < 1.29 is 0 Å². The zero-order chi connectivity index (χ0) is 13.1. The molecule has 0 aromatic heterocycles. The van der Waals surface area contributed by atoms with Gasteiger partial charge < -0.3 is 10.2 Å². The van der Waals surface area contributed by atoms with E-state index in [4.69, 9.17) is 0 Å². The average molecular weight is 252 g/mol. The van der Waals surface area contributed by atoms with Crippen molar-refractivity contribution >= 4 is 0 Å². The highest BCUT2D eigenvalue weighted by atomic mass is 15.1. The molecule has 1 heterocycles. The molecule has 18 heavy (non-hydrogen) atoms. The van der Waals surface area contributed by atoms with E-state index in [1.165, 1.54) is 64.7 Å². The first-order valence-electron chi connectivity index (χ1n) is 7.98. The molecule has 2 fully saturated rings. The molecule has 2 nitrogen and oxygen atoms in total. The fourth-order valence-electron chi connectivity index (χ4n) is 4.06. The van der Waals surface area contributed by atoms with Crippen molar-refractivity contribution in [3.63, 3.8) is 0 Å². The molecule has 0 radical (unpaired) electrons. The van der Waals surface area contributed by atoms with Crippen LogP contribution in [0.25, 0.3) is 0 Å². The molecule has 0 atom stereocenters. The topological polar surface area (TPSA) is 15.3 Å². The van der Waals surface area contributed by atoms with Crippen molar-refractivity contribution in [3.8, 4) is 0 Å². The number of likely N-dealkylation sites (tertiary alicyclic amines) is 1. The molecular weight excluding hydrogens is 220 g/mol. The Kier molecular flexibility index (Phi) is 4.71. The minimum atomic E-state index is 0.538. The maximum Gasteiger partial charge on any atom is 0.00504 e. The van der Waals surface area contributed by atoms with Gasteiger partial charge >= 0.3 is 0 Å². The second-order valence-electron chi connectivity index (χ2n) is 7.47. The predicted molar refractivity (Wildman–Crippen MR) is 78.9 cm³/mol. The lowest BCUT2D eigenvalue weighted by Gasteiger charge is -2.43. The monoisotopic (exact) mass is 252 g/mol. The van der Waals surface area contributed by atoms with Crippen LogP contribution >= 0.6 is 0 Å². The van der Waals surface area contributed by atoms with Gasteiger partial charge in [-0.15, -0.1) is 0 Å².